The van der Waals surface area contributed by atoms with Crippen LogP contribution in [0.4, 0.5) is 0 Å². The fourth-order valence-electron chi connectivity index (χ4n) is 5.43. The minimum atomic E-state index is 0.406. The summed E-state index contributed by atoms with van der Waals surface area (Å²) in [6.45, 7) is 4.70. The van der Waals surface area contributed by atoms with Gasteiger partial charge in [-0.1, -0.05) is 96.6 Å². The van der Waals surface area contributed by atoms with Gasteiger partial charge in [0.1, 0.15) is 5.75 Å². The lowest BCUT2D eigenvalue weighted by molar-refractivity contribution is 0.242. The molecule has 2 aliphatic rings. The Balaban J connectivity index is 1.70. The highest BCUT2D eigenvalue weighted by Gasteiger charge is 2.26. The van der Waals surface area contributed by atoms with E-state index >= 15 is 0 Å². The lowest BCUT2D eigenvalue weighted by Gasteiger charge is -2.31. The number of para-hydroxylation sites is 1. The molecule has 0 amide bonds. The average Bonchev–Trinajstić information content (AvgIpc) is 2.71. The zero-order valence-corrected chi connectivity index (χ0v) is 18.9. The first-order chi connectivity index (χ1) is 14.2. The van der Waals surface area contributed by atoms with Gasteiger partial charge in [0.15, 0.2) is 0 Å². The molecular formula is C27H43NO. The van der Waals surface area contributed by atoms with Crippen LogP contribution in [-0.4, -0.2) is 17.4 Å². The first-order valence-corrected chi connectivity index (χ1v) is 12.5. The minimum absolute atomic E-state index is 0.406. The Kier molecular flexibility index (Phi) is 9.08. The van der Waals surface area contributed by atoms with Crippen molar-refractivity contribution < 1.29 is 5.11 Å². The van der Waals surface area contributed by atoms with Gasteiger partial charge in [-0.3, -0.25) is 4.99 Å². The van der Waals surface area contributed by atoms with E-state index in [-0.39, 0.29) is 0 Å². The highest BCUT2D eigenvalue weighted by Crippen LogP contribution is 2.36. The van der Waals surface area contributed by atoms with E-state index in [0.29, 0.717) is 23.6 Å². The molecule has 1 aromatic rings. The molecule has 3 unspecified atom stereocenters. The van der Waals surface area contributed by atoms with Gasteiger partial charge >= 0.3 is 0 Å². The molecule has 3 atom stereocenters. The van der Waals surface area contributed by atoms with Gasteiger partial charge in [-0.25, -0.2) is 0 Å². The van der Waals surface area contributed by atoms with Gasteiger partial charge in [0.2, 0.25) is 0 Å². The Bertz CT molecular complexity index is 625. The third-order valence-corrected chi connectivity index (χ3v) is 7.71. The van der Waals surface area contributed by atoms with Crippen LogP contribution in [0.25, 0.3) is 0 Å². The maximum atomic E-state index is 11.1. The van der Waals surface area contributed by atoms with E-state index in [1.165, 1.54) is 89.9 Å². The van der Waals surface area contributed by atoms with Crippen molar-refractivity contribution in [1.29, 1.82) is 0 Å². The number of phenolic OH excluding ortho intramolecular Hbond substituents is 1. The third kappa shape index (κ3) is 6.59. The zero-order chi connectivity index (χ0) is 20.5. The lowest BCUT2D eigenvalue weighted by atomic mass is 9.78. The standard InChI is InChI=1S/C27H43NO/c1-21-14-12-19-26(22(21)2)28-20-24-17-13-18-25(27(24)29)23-15-10-8-6-4-3-5-7-9-11-16-23/h13,17-18,20-23,26,29H,3-12,14-16,19H2,1-2H3. The number of nitrogens with zero attached hydrogens (tertiary/aromatic N) is 1. The van der Waals surface area contributed by atoms with Gasteiger partial charge in [0.25, 0.3) is 0 Å². The summed E-state index contributed by atoms with van der Waals surface area (Å²) in [5.41, 5.74) is 2.08. The smallest absolute Gasteiger partial charge is 0.127 e. The molecule has 0 bridgehead atoms. The first kappa shape index (κ1) is 22.4. The van der Waals surface area contributed by atoms with Crippen LogP contribution in [0, 0.1) is 11.8 Å². The Morgan fingerprint density at radius 1 is 0.793 bits per heavy atom. The van der Waals surface area contributed by atoms with Crippen LogP contribution in [0.5, 0.6) is 5.75 Å². The number of aliphatic imine (C=N–C) groups is 1. The van der Waals surface area contributed by atoms with Gasteiger partial charge in [0.05, 0.1) is 6.04 Å². The van der Waals surface area contributed by atoms with Crippen molar-refractivity contribution in [3.05, 3.63) is 29.3 Å². The number of hydrogen-bond acceptors (Lipinski definition) is 2. The van der Waals surface area contributed by atoms with Gasteiger partial charge in [-0.05, 0) is 48.6 Å². The summed E-state index contributed by atoms with van der Waals surface area (Å²) in [5, 5.41) is 11.1. The number of aromatic hydroxyl groups is 1. The van der Waals surface area contributed by atoms with Crippen molar-refractivity contribution in [1.82, 2.24) is 0 Å². The molecule has 162 valence electrons. The number of benzene rings is 1. The minimum Gasteiger partial charge on any atom is -0.507 e. The fraction of sp³-hybridized carbons (Fsp3) is 0.741. The predicted octanol–water partition coefficient (Wildman–Crippen LogP) is 8.02. The lowest BCUT2D eigenvalue weighted by Crippen LogP contribution is -2.27. The molecule has 3 rings (SSSR count). The Morgan fingerprint density at radius 3 is 2.07 bits per heavy atom. The first-order valence-electron chi connectivity index (χ1n) is 12.5. The van der Waals surface area contributed by atoms with E-state index in [4.69, 9.17) is 4.99 Å². The van der Waals surface area contributed by atoms with Crippen molar-refractivity contribution in [2.24, 2.45) is 16.8 Å². The topological polar surface area (TPSA) is 32.6 Å². The second kappa shape index (κ2) is 11.8. The molecule has 2 nitrogen and oxygen atoms in total. The second-order valence-corrected chi connectivity index (χ2v) is 9.85. The molecule has 0 aromatic heterocycles. The highest BCUT2D eigenvalue weighted by atomic mass is 16.3. The molecule has 0 aliphatic heterocycles. The molecular weight excluding hydrogens is 354 g/mol. The van der Waals surface area contributed by atoms with Crippen molar-refractivity contribution in [3.8, 4) is 5.75 Å². The molecule has 2 aliphatic carbocycles. The number of phenols is 1. The molecule has 0 spiro atoms. The van der Waals surface area contributed by atoms with Gasteiger partial charge in [-0.15, -0.1) is 0 Å². The summed E-state index contributed by atoms with van der Waals surface area (Å²) in [6, 6.07) is 6.73. The summed E-state index contributed by atoms with van der Waals surface area (Å²) < 4.78 is 0. The monoisotopic (exact) mass is 397 g/mol. The molecule has 1 aromatic carbocycles. The molecule has 29 heavy (non-hydrogen) atoms. The van der Waals surface area contributed by atoms with E-state index in [1.807, 2.05) is 12.3 Å². The fourth-order valence-corrected chi connectivity index (χ4v) is 5.43. The summed E-state index contributed by atoms with van der Waals surface area (Å²) in [6.07, 6.45) is 20.4. The van der Waals surface area contributed by atoms with Crippen LogP contribution in [0.15, 0.2) is 23.2 Å². The average molecular weight is 398 g/mol. The van der Waals surface area contributed by atoms with Crippen LogP contribution >= 0.6 is 0 Å². The largest absolute Gasteiger partial charge is 0.507 e. The highest BCUT2D eigenvalue weighted by molar-refractivity contribution is 5.84. The van der Waals surface area contributed by atoms with Crippen molar-refractivity contribution in [2.45, 2.75) is 116 Å². The van der Waals surface area contributed by atoms with E-state index in [2.05, 4.69) is 26.0 Å². The molecule has 0 radical (unpaired) electrons. The molecule has 1 N–H and O–H groups in total. The molecule has 0 saturated heterocycles. The van der Waals surface area contributed by atoms with Gasteiger partial charge < -0.3 is 5.11 Å². The van der Waals surface area contributed by atoms with Crippen molar-refractivity contribution >= 4 is 6.21 Å². The van der Waals surface area contributed by atoms with Crippen LogP contribution in [0.1, 0.15) is 121 Å². The van der Waals surface area contributed by atoms with Gasteiger partial charge in [0, 0.05) is 11.8 Å². The predicted molar refractivity (Wildman–Crippen MR) is 125 cm³/mol. The zero-order valence-electron chi connectivity index (χ0n) is 18.9. The summed E-state index contributed by atoms with van der Waals surface area (Å²) in [4.78, 5) is 4.93. The van der Waals surface area contributed by atoms with E-state index < -0.39 is 0 Å². The summed E-state index contributed by atoms with van der Waals surface area (Å²) >= 11 is 0. The number of rotatable bonds is 3. The second-order valence-electron chi connectivity index (χ2n) is 9.85. The maximum Gasteiger partial charge on any atom is 0.127 e. The van der Waals surface area contributed by atoms with E-state index in [1.54, 1.807) is 0 Å². The molecule has 2 heteroatoms. The Morgan fingerprint density at radius 2 is 1.41 bits per heavy atom. The quantitative estimate of drug-likeness (QED) is 0.514. The maximum absolute atomic E-state index is 11.1. The van der Waals surface area contributed by atoms with Gasteiger partial charge in [-0.2, -0.15) is 0 Å². The van der Waals surface area contributed by atoms with Crippen LogP contribution in [0.2, 0.25) is 0 Å². The normalized spacial score (nSPS) is 28.7. The number of hydrogen-bond donors (Lipinski definition) is 1. The van der Waals surface area contributed by atoms with Crippen LogP contribution < -0.4 is 0 Å². The Hall–Kier alpha value is -1.31. The summed E-state index contributed by atoms with van der Waals surface area (Å²) in [5.74, 6) is 2.37. The van der Waals surface area contributed by atoms with Crippen molar-refractivity contribution in [2.75, 3.05) is 0 Å². The van der Waals surface area contributed by atoms with E-state index in [0.717, 1.165) is 17.0 Å². The van der Waals surface area contributed by atoms with Crippen LogP contribution in [-0.2, 0) is 0 Å². The van der Waals surface area contributed by atoms with Crippen molar-refractivity contribution in [3.63, 3.8) is 0 Å². The molecule has 2 saturated carbocycles. The Labute approximate surface area is 179 Å². The van der Waals surface area contributed by atoms with Crippen LogP contribution in [0.3, 0.4) is 0 Å². The molecule has 2 fully saturated rings. The van der Waals surface area contributed by atoms with E-state index in [9.17, 15) is 5.11 Å². The summed E-state index contributed by atoms with van der Waals surface area (Å²) in [7, 11) is 0. The SMILES string of the molecule is CC1CCCC(N=Cc2cccc(C3CCCCCCCCCCC3)c2O)C1C. The third-order valence-electron chi connectivity index (χ3n) is 7.71. The molecule has 0 heterocycles.